The lowest BCUT2D eigenvalue weighted by Gasteiger charge is -2.17. The van der Waals surface area contributed by atoms with Gasteiger partial charge in [-0.15, -0.1) is 0 Å². The molecule has 1 saturated heterocycles. The maximum atomic E-state index is 12.9. The van der Waals surface area contributed by atoms with Gasteiger partial charge in [-0.1, -0.05) is 48.0 Å². The molecule has 4 nitrogen and oxygen atoms in total. The number of carbonyl (C=O) groups excluding carboxylic acids is 1. The van der Waals surface area contributed by atoms with Crippen LogP contribution in [0.2, 0.25) is 0 Å². The van der Waals surface area contributed by atoms with E-state index in [0.717, 1.165) is 16.7 Å². The summed E-state index contributed by atoms with van der Waals surface area (Å²) in [6.07, 6.45) is 0.651. The second kappa shape index (κ2) is 5.99. The standard InChI is InChI=1S/C20H21NO3S/c1-14-7-8-19-16(9-14)10-17-12-21(11-15-5-3-2-4-6-15)20(22)18(17)13-25(19,23)24/h2-9,17-18H,10-13H2,1H3/t17-,18+/m0/s1. The third kappa shape index (κ3) is 2.97. The molecule has 1 fully saturated rings. The lowest BCUT2D eigenvalue weighted by molar-refractivity contribution is -0.131. The summed E-state index contributed by atoms with van der Waals surface area (Å²) < 4.78 is 25.6. The number of nitrogens with zero attached hydrogens (tertiary/aromatic N) is 1. The van der Waals surface area contributed by atoms with Gasteiger partial charge in [0, 0.05) is 13.1 Å². The van der Waals surface area contributed by atoms with Gasteiger partial charge in [-0.2, -0.15) is 0 Å². The maximum absolute atomic E-state index is 12.9. The fourth-order valence-electron chi connectivity index (χ4n) is 4.08. The Bertz CT molecular complexity index is 921. The van der Waals surface area contributed by atoms with E-state index >= 15 is 0 Å². The smallest absolute Gasteiger partial charge is 0.227 e. The summed E-state index contributed by atoms with van der Waals surface area (Å²) in [4.78, 5) is 15.1. The molecule has 2 aromatic carbocycles. The van der Waals surface area contributed by atoms with Crippen molar-refractivity contribution < 1.29 is 13.2 Å². The Kier molecular flexibility index (Phi) is 3.91. The molecule has 2 aliphatic heterocycles. The van der Waals surface area contributed by atoms with Gasteiger partial charge in [0.25, 0.3) is 0 Å². The van der Waals surface area contributed by atoms with E-state index in [-0.39, 0.29) is 17.6 Å². The summed E-state index contributed by atoms with van der Waals surface area (Å²) in [5.41, 5.74) is 2.99. The molecule has 2 heterocycles. The first-order valence-electron chi connectivity index (χ1n) is 8.59. The van der Waals surface area contributed by atoms with Crippen molar-refractivity contribution in [3.05, 3.63) is 65.2 Å². The molecule has 0 aromatic heterocycles. The molecular weight excluding hydrogens is 334 g/mol. The molecule has 4 rings (SSSR count). The number of hydrogen-bond donors (Lipinski definition) is 0. The van der Waals surface area contributed by atoms with Crippen molar-refractivity contribution in [3.63, 3.8) is 0 Å². The third-order valence-corrected chi connectivity index (χ3v) is 7.17. The number of sulfone groups is 1. The van der Waals surface area contributed by atoms with Gasteiger partial charge >= 0.3 is 0 Å². The van der Waals surface area contributed by atoms with Crippen LogP contribution in [-0.2, 0) is 27.6 Å². The zero-order valence-corrected chi connectivity index (χ0v) is 15.0. The van der Waals surface area contributed by atoms with Crippen LogP contribution in [0.5, 0.6) is 0 Å². The number of amides is 1. The van der Waals surface area contributed by atoms with Gasteiger partial charge in [0.1, 0.15) is 0 Å². The normalized spacial score (nSPS) is 24.5. The van der Waals surface area contributed by atoms with Crippen LogP contribution in [0.1, 0.15) is 16.7 Å². The topological polar surface area (TPSA) is 54.5 Å². The minimum absolute atomic E-state index is 0.0260. The number of carbonyl (C=O) groups is 1. The van der Waals surface area contributed by atoms with Crippen molar-refractivity contribution >= 4 is 15.7 Å². The third-order valence-electron chi connectivity index (χ3n) is 5.30. The second-order valence-electron chi connectivity index (χ2n) is 7.17. The summed E-state index contributed by atoms with van der Waals surface area (Å²) >= 11 is 0. The Morgan fingerprint density at radius 2 is 1.88 bits per heavy atom. The molecule has 5 heteroatoms. The van der Waals surface area contributed by atoms with E-state index in [0.29, 0.717) is 24.4 Å². The van der Waals surface area contributed by atoms with E-state index in [1.165, 1.54) is 0 Å². The van der Waals surface area contributed by atoms with Crippen LogP contribution in [-0.4, -0.2) is 31.5 Å². The fourth-order valence-corrected chi connectivity index (χ4v) is 5.96. The fraction of sp³-hybridized carbons (Fsp3) is 0.350. The van der Waals surface area contributed by atoms with Crippen LogP contribution < -0.4 is 0 Å². The summed E-state index contributed by atoms with van der Waals surface area (Å²) in [6, 6.07) is 15.3. The van der Waals surface area contributed by atoms with Crippen molar-refractivity contribution in [3.8, 4) is 0 Å². The molecule has 0 N–H and O–H groups in total. The average molecular weight is 355 g/mol. The molecule has 0 saturated carbocycles. The Labute approximate surface area is 148 Å². The van der Waals surface area contributed by atoms with E-state index in [2.05, 4.69) is 0 Å². The van der Waals surface area contributed by atoms with E-state index in [9.17, 15) is 13.2 Å². The van der Waals surface area contributed by atoms with Gasteiger partial charge in [-0.25, -0.2) is 8.42 Å². The first-order chi connectivity index (χ1) is 11.9. The SMILES string of the molecule is Cc1ccc2c(c1)C[C@H]1CN(Cc3ccccc3)C(=O)[C@@H]1CS2(=O)=O. The Hall–Kier alpha value is -2.14. The van der Waals surface area contributed by atoms with Crippen molar-refractivity contribution in [2.24, 2.45) is 11.8 Å². The zero-order valence-electron chi connectivity index (χ0n) is 14.2. The number of aryl methyl sites for hydroxylation is 1. The molecule has 0 radical (unpaired) electrons. The molecule has 1 amide bonds. The van der Waals surface area contributed by atoms with Crippen LogP contribution in [0, 0.1) is 18.8 Å². The highest BCUT2D eigenvalue weighted by Gasteiger charge is 2.45. The number of likely N-dealkylation sites (tertiary alicyclic amines) is 1. The van der Waals surface area contributed by atoms with E-state index in [1.54, 1.807) is 6.07 Å². The van der Waals surface area contributed by atoms with Crippen LogP contribution in [0.3, 0.4) is 0 Å². The predicted octanol–water partition coefficient (Wildman–Crippen LogP) is 2.60. The maximum Gasteiger partial charge on any atom is 0.227 e. The predicted molar refractivity (Wildman–Crippen MR) is 95.8 cm³/mol. The zero-order chi connectivity index (χ0) is 17.6. The van der Waals surface area contributed by atoms with Gasteiger partial charge < -0.3 is 4.90 Å². The lowest BCUT2D eigenvalue weighted by atomic mass is 9.90. The first kappa shape index (κ1) is 16.3. The quantitative estimate of drug-likeness (QED) is 0.832. The molecule has 2 atom stereocenters. The van der Waals surface area contributed by atoms with Gasteiger partial charge in [0.15, 0.2) is 9.84 Å². The number of benzene rings is 2. The minimum Gasteiger partial charge on any atom is -0.338 e. The monoisotopic (exact) mass is 355 g/mol. The summed E-state index contributed by atoms with van der Waals surface area (Å²) in [5, 5.41) is 0. The number of hydrogen-bond acceptors (Lipinski definition) is 3. The Morgan fingerprint density at radius 3 is 2.64 bits per heavy atom. The van der Waals surface area contributed by atoms with E-state index < -0.39 is 15.8 Å². The Balaban J connectivity index is 1.65. The van der Waals surface area contributed by atoms with Crippen LogP contribution in [0.15, 0.2) is 53.4 Å². The van der Waals surface area contributed by atoms with Crippen LogP contribution in [0.25, 0.3) is 0 Å². The highest BCUT2D eigenvalue weighted by atomic mass is 32.2. The largest absolute Gasteiger partial charge is 0.338 e. The summed E-state index contributed by atoms with van der Waals surface area (Å²) in [5.74, 6) is -0.463. The average Bonchev–Trinajstić information content (AvgIpc) is 2.78. The minimum atomic E-state index is -3.43. The highest BCUT2D eigenvalue weighted by Crippen LogP contribution is 2.37. The number of rotatable bonds is 2. The van der Waals surface area contributed by atoms with Crippen LogP contribution >= 0.6 is 0 Å². The molecular formula is C20H21NO3S. The molecule has 130 valence electrons. The van der Waals surface area contributed by atoms with Crippen molar-refractivity contribution in [1.29, 1.82) is 0 Å². The molecule has 0 bridgehead atoms. The van der Waals surface area contributed by atoms with Gasteiger partial charge in [-0.05, 0) is 36.5 Å². The Morgan fingerprint density at radius 1 is 1.12 bits per heavy atom. The summed E-state index contributed by atoms with van der Waals surface area (Å²) in [6.45, 7) is 3.14. The molecule has 0 spiro atoms. The molecule has 2 aliphatic rings. The molecule has 0 aliphatic carbocycles. The molecule has 25 heavy (non-hydrogen) atoms. The van der Waals surface area contributed by atoms with Crippen molar-refractivity contribution in [2.75, 3.05) is 12.3 Å². The number of fused-ring (bicyclic) bond motifs is 2. The molecule has 0 unspecified atom stereocenters. The molecule has 2 aromatic rings. The van der Waals surface area contributed by atoms with E-state index in [1.807, 2.05) is 54.3 Å². The second-order valence-corrected chi connectivity index (χ2v) is 9.17. The van der Waals surface area contributed by atoms with Gasteiger partial charge in [0.05, 0.1) is 16.6 Å². The highest BCUT2D eigenvalue weighted by molar-refractivity contribution is 7.91. The van der Waals surface area contributed by atoms with Crippen molar-refractivity contribution in [2.45, 2.75) is 24.8 Å². The lowest BCUT2D eigenvalue weighted by Crippen LogP contribution is -2.29. The summed E-state index contributed by atoms with van der Waals surface area (Å²) in [7, 11) is -3.43. The first-order valence-corrected chi connectivity index (χ1v) is 10.2. The van der Waals surface area contributed by atoms with Gasteiger partial charge in [-0.3, -0.25) is 4.79 Å². The van der Waals surface area contributed by atoms with Crippen molar-refractivity contribution in [1.82, 2.24) is 4.90 Å². The van der Waals surface area contributed by atoms with Gasteiger partial charge in [0.2, 0.25) is 5.91 Å². The van der Waals surface area contributed by atoms with E-state index in [4.69, 9.17) is 0 Å². The van der Waals surface area contributed by atoms with Crippen LogP contribution in [0.4, 0.5) is 0 Å².